The molecule has 1 aliphatic heterocycles. The first kappa shape index (κ1) is 14.9. The van der Waals surface area contributed by atoms with Crippen LogP contribution >= 0.6 is 11.6 Å². The molecule has 0 aliphatic carbocycles. The maximum absolute atomic E-state index is 12.8. The highest BCUT2D eigenvalue weighted by molar-refractivity contribution is 6.34. The minimum atomic E-state index is -0.203. The van der Waals surface area contributed by atoms with Gasteiger partial charge in [-0.25, -0.2) is 4.98 Å². The molecule has 5 heteroatoms. The molecule has 1 aliphatic rings. The molecule has 0 N–H and O–H groups in total. The van der Waals surface area contributed by atoms with Gasteiger partial charge in [-0.15, -0.1) is 0 Å². The number of aromatic nitrogens is 1. The Morgan fingerprint density at radius 3 is 2.73 bits per heavy atom. The van der Waals surface area contributed by atoms with Gasteiger partial charge >= 0.3 is 0 Å². The van der Waals surface area contributed by atoms with E-state index in [2.05, 4.69) is 4.98 Å². The summed E-state index contributed by atoms with van der Waals surface area (Å²) in [6, 6.07) is 13.1. The molecule has 1 fully saturated rings. The second kappa shape index (κ2) is 5.97. The molecule has 2 aromatic rings. The lowest BCUT2D eigenvalue weighted by atomic mass is 10.2. The summed E-state index contributed by atoms with van der Waals surface area (Å²) in [5.41, 5.74) is 1.72. The Hall–Kier alpha value is -2.07. The van der Waals surface area contributed by atoms with Gasteiger partial charge in [0.25, 0.3) is 0 Å². The Bertz CT molecular complexity index is 704. The largest absolute Gasteiger partial charge is 0.348 e. The van der Waals surface area contributed by atoms with Crippen molar-refractivity contribution in [3.05, 3.63) is 53.2 Å². The number of pyridine rings is 1. The van der Waals surface area contributed by atoms with Crippen LogP contribution in [0.5, 0.6) is 0 Å². The molecule has 0 radical (unpaired) electrons. The van der Waals surface area contributed by atoms with E-state index in [-0.39, 0.29) is 11.9 Å². The average Bonchev–Trinajstić information content (AvgIpc) is 2.88. The summed E-state index contributed by atoms with van der Waals surface area (Å²) in [6.45, 7) is 2.62. The van der Waals surface area contributed by atoms with Crippen molar-refractivity contribution in [2.75, 3.05) is 23.4 Å². The van der Waals surface area contributed by atoms with Crippen LogP contribution < -0.4 is 9.80 Å². The first-order chi connectivity index (χ1) is 10.6. The maximum Gasteiger partial charge on any atom is 0.249 e. The van der Waals surface area contributed by atoms with Crippen LogP contribution in [0.15, 0.2) is 42.5 Å². The predicted molar refractivity (Wildman–Crippen MR) is 89.6 cm³/mol. The van der Waals surface area contributed by atoms with E-state index >= 15 is 0 Å². The van der Waals surface area contributed by atoms with Crippen LogP contribution in [0.2, 0.25) is 5.02 Å². The van der Waals surface area contributed by atoms with Crippen LogP contribution in [0, 0.1) is 6.92 Å². The van der Waals surface area contributed by atoms with E-state index in [1.165, 1.54) is 0 Å². The number of para-hydroxylation sites is 1. The van der Waals surface area contributed by atoms with Gasteiger partial charge in [0.15, 0.2) is 0 Å². The SMILES string of the molecule is Cc1cccc(N(C)C2CCN(c3ccccc3Cl)C2=O)n1. The summed E-state index contributed by atoms with van der Waals surface area (Å²) in [5, 5.41) is 0.604. The summed E-state index contributed by atoms with van der Waals surface area (Å²) >= 11 is 6.21. The molecule has 1 atom stereocenters. The minimum Gasteiger partial charge on any atom is -0.348 e. The van der Waals surface area contributed by atoms with Crippen molar-refractivity contribution < 1.29 is 4.79 Å². The van der Waals surface area contributed by atoms with Gasteiger partial charge in [0.05, 0.1) is 10.7 Å². The van der Waals surface area contributed by atoms with Crippen LogP contribution in [0.25, 0.3) is 0 Å². The second-order valence-electron chi connectivity index (χ2n) is 5.49. The molecule has 1 unspecified atom stereocenters. The molecule has 1 aromatic heterocycles. The molecule has 0 spiro atoms. The molecule has 1 aromatic carbocycles. The molecule has 0 bridgehead atoms. The number of hydrogen-bond donors (Lipinski definition) is 0. The Morgan fingerprint density at radius 1 is 1.23 bits per heavy atom. The summed E-state index contributed by atoms with van der Waals surface area (Å²) in [5.74, 6) is 0.887. The van der Waals surface area contributed by atoms with E-state index in [0.29, 0.717) is 11.6 Å². The first-order valence-electron chi connectivity index (χ1n) is 7.30. The van der Waals surface area contributed by atoms with E-state index in [1.807, 2.05) is 61.3 Å². The summed E-state index contributed by atoms with van der Waals surface area (Å²) in [7, 11) is 1.92. The van der Waals surface area contributed by atoms with Crippen molar-refractivity contribution in [3.8, 4) is 0 Å². The maximum atomic E-state index is 12.8. The molecule has 0 saturated carbocycles. The Balaban J connectivity index is 1.83. The second-order valence-corrected chi connectivity index (χ2v) is 5.90. The van der Waals surface area contributed by atoms with Gasteiger partial charge in [-0.2, -0.15) is 0 Å². The van der Waals surface area contributed by atoms with Crippen LogP contribution in [-0.4, -0.2) is 30.5 Å². The minimum absolute atomic E-state index is 0.0684. The van der Waals surface area contributed by atoms with Gasteiger partial charge in [0.1, 0.15) is 11.9 Å². The predicted octanol–water partition coefficient (Wildman–Crippen LogP) is 3.29. The number of aryl methyl sites for hydroxylation is 1. The first-order valence-corrected chi connectivity index (χ1v) is 7.68. The van der Waals surface area contributed by atoms with Crippen LogP contribution in [-0.2, 0) is 4.79 Å². The van der Waals surface area contributed by atoms with Gasteiger partial charge in [-0.1, -0.05) is 29.8 Å². The lowest BCUT2D eigenvalue weighted by Gasteiger charge is -2.25. The number of carbonyl (C=O) groups is 1. The molecule has 22 heavy (non-hydrogen) atoms. The highest BCUT2D eigenvalue weighted by atomic mass is 35.5. The number of rotatable bonds is 3. The van der Waals surface area contributed by atoms with Crippen LogP contribution in [0.4, 0.5) is 11.5 Å². The van der Waals surface area contributed by atoms with Gasteiger partial charge < -0.3 is 9.80 Å². The normalized spacial score (nSPS) is 17.9. The van der Waals surface area contributed by atoms with Crippen molar-refractivity contribution in [1.82, 2.24) is 4.98 Å². The van der Waals surface area contributed by atoms with Crippen molar-refractivity contribution >= 4 is 29.0 Å². The number of anilines is 2. The molecular weight excluding hydrogens is 298 g/mol. The van der Waals surface area contributed by atoms with E-state index < -0.39 is 0 Å². The van der Waals surface area contributed by atoms with Crippen LogP contribution in [0.3, 0.4) is 0 Å². The molecule has 3 rings (SSSR count). The number of likely N-dealkylation sites (N-methyl/N-ethyl adjacent to an activating group) is 1. The smallest absolute Gasteiger partial charge is 0.249 e. The summed E-state index contributed by atoms with van der Waals surface area (Å²) in [6.07, 6.45) is 0.760. The number of carbonyl (C=O) groups excluding carboxylic acids is 1. The standard InChI is InChI=1S/C17H18ClN3O/c1-12-6-5-9-16(19-12)20(2)15-10-11-21(17(15)22)14-8-4-3-7-13(14)18/h3-9,15H,10-11H2,1-2H3. The number of halogens is 1. The van der Waals surface area contributed by atoms with Gasteiger partial charge in [0.2, 0.25) is 5.91 Å². The highest BCUT2D eigenvalue weighted by Gasteiger charge is 2.36. The van der Waals surface area contributed by atoms with Crippen LogP contribution in [0.1, 0.15) is 12.1 Å². The lowest BCUT2D eigenvalue weighted by Crippen LogP contribution is -2.40. The van der Waals surface area contributed by atoms with Crippen molar-refractivity contribution in [2.24, 2.45) is 0 Å². The zero-order chi connectivity index (χ0) is 15.7. The van der Waals surface area contributed by atoms with E-state index in [4.69, 9.17) is 11.6 Å². The zero-order valence-corrected chi connectivity index (χ0v) is 13.4. The Morgan fingerprint density at radius 2 is 2.00 bits per heavy atom. The topological polar surface area (TPSA) is 36.4 Å². The molecule has 114 valence electrons. The van der Waals surface area contributed by atoms with Gasteiger partial charge in [-0.3, -0.25) is 4.79 Å². The Kier molecular flexibility index (Phi) is 4.03. The quantitative estimate of drug-likeness (QED) is 0.872. The van der Waals surface area contributed by atoms with E-state index in [0.717, 1.165) is 23.6 Å². The van der Waals surface area contributed by atoms with E-state index in [9.17, 15) is 4.79 Å². The number of nitrogens with zero attached hydrogens (tertiary/aromatic N) is 3. The number of benzene rings is 1. The monoisotopic (exact) mass is 315 g/mol. The fourth-order valence-electron chi connectivity index (χ4n) is 2.82. The Labute approximate surface area is 135 Å². The van der Waals surface area contributed by atoms with Crippen molar-refractivity contribution in [3.63, 3.8) is 0 Å². The lowest BCUT2D eigenvalue weighted by molar-refractivity contribution is -0.118. The molecule has 1 saturated heterocycles. The summed E-state index contributed by atoms with van der Waals surface area (Å²) < 4.78 is 0. The fraction of sp³-hybridized carbons (Fsp3) is 0.294. The summed E-state index contributed by atoms with van der Waals surface area (Å²) in [4.78, 5) is 21.0. The third kappa shape index (κ3) is 2.66. The van der Waals surface area contributed by atoms with Crippen molar-refractivity contribution in [1.29, 1.82) is 0 Å². The number of amides is 1. The molecule has 1 amide bonds. The highest BCUT2D eigenvalue weighted by Crippen LogP contribution is 2.31. The zero-order valence-electron chi connectivity index (χ0n) is 12.7. The molecular formula is C17H18ClN3O. The van der Waals surface area contributed by atoms with Gasteiger partial charge in [-0.05, 0) is 37.6 Å². The molecule has 4 nitrogen and oxygen atoms in total. The van der Waals surface area contributed by atoms with Crippen molar-refractivity contribution in [2.45, 2.75) is 19.4 Å². The average molecular weight is 316 g/mol. The van der Waals surface area contributed by atoms with E-state index in [1.54, 1.807) is 4.90 Å². The fourth-order valence-corrected chi connectivity index (χ4v) is 3.06. The number of hydrogen-bond acceptors (Lipinski definition) is 3. The molecule has 2 heterocycles. The van der Waals surface area contributed by atoms with Gasteiger partial charge in [0, 0.05) is 19.3 Å². The third-order valence-corrected chi connectivity index (χ3v) is 4.34. The third-order valence-electron chi connectivity index (χ3n) is 4.02.